The fraction of sp³-hybridized carbons (Fsp3) is 0.643. The third-order valence-electron chi connectivity index (χ3n) is 3.61. The van der Waals surface area contributed by atoms with E-state index in [1.54, 1.807) is 0 Å². The first kappa shape index (κ1) is 12.8. The SMILES string of the molecule is Cc1cncc(CNC2CCCCC2CCl)c1. The average molecular weight is 253 g/mol. The molecule has 1 aliphatic carbocycles. The van der Waals surface area contributed by atoms with E-state index in [-0.39, 0.29) is 0 Å². The molecule has 94 valence electrons. The molecule has 1 fully saturated rings. The maximum Gasteiger partial charge on any atom is 0.0313 e. The smallest absolute Gasteiger partial charge is 0.0313 e. The molecule has 2 nitrogen and oxygen atoms in total. The van der Waals surface area contributed by atoms with Gasteiger partial charge in [-0.05, 0) is 36.8 Å². The minimum atomic E-state index is 0.585. The summed E-state index contributed by atoms with van der Waals surface area (Å²) in [5.41, 5.74) is 2.49. The summed E-state index contributed by atoms with van der Waals surface area (Å²) < 4.78 is 0. The zero-order valence-electron chi connectivity index (χ0n) is 10.5. The van der Waals surface area contributed by atoms with Crippen molar-refractivity contribution in [2.75, 3.05) is 5.88 Å². The largest absolute Gasteiger partial charge is 0.310 e. The zero-order chi connectivity index (χ0) is 12.1. The molecule has 17 heavy (non-hydrogen) atoms. The summed E-state index contributed by atoms with van der Waals surface area (Å²) in [4.78, 5) is 4.22. The monoisotopic (exact) mass is 252 g/mol. The summed E-state index contributed by atoms with van der Waals surface area (Å²) in [6.07, 6.45) is 9.03. The molecular weight excluding hydrogens is 232 g/mol. The van der Waals surface area contributed by atoms with Crippen LogP contribution in [0.15, 0.2) is 18.5 Å². The number of alkyl halides is 1. The van der Waals surface area contributed by atoms with Crippen molar-refractivity contribution in [2.24, 2.45) is 5.92 Å². The van der Waals surface area contributed by atoms with Gasteiger partial charge in [-0.3, -0.25) is 4.98 Å². The van der Waals surface area contributed by atoms with Crippen LogP contribution in [0.25, 0.3) is 0 Å². The average Bonchev–Trinajstić information content (AvgIpc) is 2.37. The highest BCUT2D eigenvalue weighted by Gasteiger charge is 2.23. The van der Waals surface area contributed by atoms with Gasteiger partial charge in [-0.2, -0.15) is 0 Å². The first-order chi connectivity index (χ1) is 8.29. The highest BCUT2D eigenvalue weighted by molar-refractivity contribution is 6.18. The van der Waals surface area contributed by atoms with Crippen LogP contribution in [0.1, 0.15) is 36.8 Å². The minimum Gasteiger partial charge on any atom is -0.310 e. The Kier molecular flexibility index (Phi) is 4.81. The molecule has 1 N–H and O–H groups in total. The van der Waals surface area contributed by atoms with E-state index in [2.05, 4.69) is 23.3 Å². The second-order valence-corrected chi connectivity index (χ2v) is 5.37. The molecule has 1 aromatic rings. The van der Waals surface area contributed by atoms with Crippen LogP contribution in [0.3, 0.4) is 0 Å². The number of nitrogens with one attached hydrogen (secondary N) is 1. The lowest BCUT2D eigenvalue weighted by atomic mass is 9.85. The first-order valence-electron chi connectivity index (χ1n) is 6.49. The van der Waals surface area contributed by atoms with Gasteiger partial charge in [-0.25, -0.2) is 0 Å². The van der Waals surface area contributed by atoms with Crippen molar-refractivity contribution in [1.82, 2.24) is 10.3 Å². The summed E-state index contributed by atoms with van der Waals surface area (Å²) >= 11 is 6.03. The molecule has 0 aromatic carbocycles. The van der Waals surface area contributed by atoms with Gasteiger partial charge in [0.15, 0.2) is 0 Å². The van der Waals surface area contributed by atoms with E-state index in [1.807, 2.05) is 12.4 Å². The molecule has 0 radical (unpaired) electrons. The first-order valence-corrected chi connectivity index (χ1v) is 7.03. The number of hydrogen-bond acceptors (Lipinski definition) is 2. The standard InChI is InChI=1S/C14H21ClN2/c1-11-6-12(9-16-8-11)10-17-14-5-3-2-4-13(14)7-15/h6,8-9,13-14,17H,2-5,7,10H2,1H3. The van der Waals surface area contributed by atoms with Gasteiger partial charge < -0.3 is 5.32 Å². The molecule has 2 atom stereocenters. The molecule has 0 saturated heterocycles. The molecule has 0 spiro atoms. The normalized spacial score (nSPS) is 24.8. The number of halogens is 1. The molecule has 1 heterocycles. The van der Waals surface area contributed by atoms with Crippen molar-refractivity contribution in [2.45, 2.75) is 45.2 Å². The van der Waals surface area contributed by atoms with E-state index in [4.69, 9.17) is 11.6 Å². The Morgan fingerprint density at radius 1 is 1.35 bits per heavy atom. The fourth-order valence-corrected chi connectivity index (χ4v) is 2.99. The van der Waals surface area contributed by atoms with E-state index in [1.165, 1.54) is 36.8 Å². The van der Waals surface area contributed by atoms with Gasteiger partial charge in [0.2, 0.25) is 0 Å². The van der Waals surface area contributed by atoms with Crippen molar-refractivity contribution in [3.63, 3.8) is 0 Å². The molecule has 1 aromatic heterocycles. The third-order valence-corrected chi connectivity index (χ3v) is 4.00. The van der Waals surface area contributed by atoms with Gasteiger partial charge in [0.1, 0.15) is 0 Å². The van der Waals surface area contributed by atoms with Crippen molar-refractivity contribution in [3.8, 4) is 0 Å². The summed E-state index contributed by atoms with van der Waals surface area (Å²) in [5, 5.41) is 3.64. The Labute approximate surface area is 109 Å². The number of aromatic nitrogens is 1. The predicted molar refractivity (Wildman–Crippen MR) is 72.3 cm³/mol. The lowest BCUT2D eigenvalue weighted by Crippen LogP contribution is -2.39. The molecule has 0 amide bonds. The van der Waals surface area contributed by atoms with Crippen molar-refractivity contribution < 1.29 is 0 Å². The lowest BCUT2D eigenvalue weighted by molar-refractivity contribution is 0.282. The van der Waals surface area contributed by atoms with Crippen LogP contribution in [-0.4, -0.2) is 16.9 Å². The quantitative estimate of drug-likeness (QED) is 0.832. The lowest BCUT2D eigenvalue weighted by Gasteiger charge is -2.31. The second-order valence-electron chi connectivity index (χ2n) is 5.06. The summed E-state index contributed by atoms with van der Waals surface area (Å²) in [7, 11) is 0. The number of aryl methyl sites for hydroxylation is 1. The second kappa shape index (κ2) is 6.36. The van der Waals surface area contributed by atoms with Crippen LogP contribution in [0.2, 0.25) is 0 Å². The van der Waals surface area contributed by atoms with Crippen LogP contribution in [0.5, 0.6) is 0 Å². The number of nitrogens with zero attached hydrogens (tertiary/aromatic N) is 1. The maximum atomic E-state index is 6.03. The van der Waals surface area contributed by atoms with Crippen molar-refractivity contribution in [1.29, 1.82) is 0 Å². The topological polar surface area (TPSA) is 24.9 Å². The summed E-state index contributed by atoms with van der Waals surface area (Å²) in [5.74, 6) is 1.42. The molecule has 1 aliphatic rings. The van der Waals surface area contributed by atoms with Gasteiger partial charge in [-0.15, -0.1) is 11.6 Å². The Hall–Kier alpha value is -0.600. The Morgan fingerprint density at radius 2 is 2.18 bits per heavy atom. The number of rotatable bonds is 4. The predicted octanol–water partition coefficient (Wildman–Crippen LogP) is 3.28. The third kappa shape index (κ3) is 3.68. The van der Waals surface area contributed by atoms with E-state index >= 15 is 0 Å². The molecular formula is C14H21ClN2. The Morgan fingerprint density at radius 3 is 2.94 bits per heavy atom. The van der Waals surface area contributed by atoms with Gasteiger partial charge in [-0.1, -0.05) is 18.9 Å². The van der Waals surface area contributed by atoms with E-state index in [9.17, 15) is 0 Å². The minimum absolute atomic E-state index is 0.585. The maximum absolute atomic E-state index is 6.03. The van der Waals surface area contributed by atoms with Gasteiger partial charge in [0.25, 0.3) is 0 Å². The van der Waals surface area contributed by atoms with Crippen molar-refractivity contribution >= 4 is 11.6 Å². The molecule has 3 heteroatoms. The Balaban J connectivity index is 1.88. The highest BCUT2D eigenvalue weighted by Crippen LogP contribution is 2.25. The molecule has 0 aliphatic heterocycles. The van der Waals surface area contributed by atoms with Crippen LogP contribution < -0.4 is 5.32 Å². The Bertz CT molecular complexity index is 354. The molecule has 1 saturated carbocycles. The van der Waals surface area contributed by atoms with Gasteiger partial charge >= 0.3 is 0 Å². The van der Waals surface area contributed by atoms with Crippen molar-refractivity contribution in [3.05, 3.63) is 29.6 Å². The molecule has 2 rings (SSSR count). The van der Waals surface area contributed by atoms with Gasteiger partial charge in [0, 0.05) is 30.9 Å². The van der Waals surface area contributed by atoms with E-state index in [0.717, 1.165) is 12.4 Å². The van der Waals surface area contributed by atoms with Crippen LogP contribution >= 0.6 is 11.6 Å². The van der Waals surface area contributed by atoms with Crippen LogP contribution in [0, 0.1) is 12.8 Å². The fourth-order valence-electron chi connectivity index (χ4n) is 2.62. The van der Waals surface area contributed by atoms with Gasteiger partial charge in [0.05, 0.1) is 0 Å². The molecule has 0 bridgehead atoms. The van der Waals surface area contributed by atoms with E-state index < -0.39 is 0 Å². The van der Waals surface area contributed by atoms with Crippen LogP contribution in [0.4, 0.5) is 0 Å². The number of pyridine rings is 1. The highest BCUT2D eigenvalue weighted by atomic mass is 35.5. The van der Waals surface area contributed by atoms with E-state index in [0.29, 0.717) is 12.0 Å². The molecule has 2 unspecified atom stereocenters. The zero-order valence-corrected chi connectivity index (χ0v) is 11.2. The summed E-state index contributed by atoms with van der Waals surface area (Å²) in [6, 6.07) is 2.78. The summed E-state index contributed by atoms with van der Waals surface area (Å²) in [6.45, 7) is 2.99. The number of hydrogen-bond donors (Lipinski definition) is 1. The van der Waals surface area contributed by atoms with Crippen LogP contribution in [-0.2, 0) is 6.54 Å².